The lowest BCUT2D eigenvalue weighted by molar-refractivity contribution is 0.222. The second-order valence-corrected chi connectivity index (χ2v) is 6.51. The fourth-order valence-corrected chi connectivity index (χ4v) is 3.65. The van der Waals surface area contributed by atoms with Crippen LogP contribution in [-0.4, -0.2) is 6.04 Å². The molecule has 3 N–H and O–H groups in total. The van der Waals surface area contributed by atoms with Crippen LogP contribution in [0, 0.1) is 25.7 Å². The highest BCUT2D eigenvalue weighted by molar-refractivity contribution is 5.29. The van der Waals surface area contributed by atoms with Crippen molar-refractivity contribution in [1.29, 1.82) is 0 Å². The highest BCUT2D eigenvalue weighted by Crippen LogP contribution is 2.31. The molecule has 1 aliphatic carbocycles. The third kappa shape index (κ3) is 4.05. The van der Waals surface area contributed by atoms with Crippen LogP contribution in [-0.2, 0) is 6.42 Å². The summed E-state index contributed by atoms with van der Waals surface area (Å²) in [6.07, 6.45) is 6.44. The molecular formula is C17H28N2. The number of benzene rings is 1. The predicted octanol–water partition coefficient (Wildman–Crippen LogP) is 3.50. The van der Waals surface area contributed by atoms with Gasteiger partial charge in [0.2, 0.25) is 0 Å². The van der Waals surface area contributed by atoms with Gasteiger partial charge in [0.1, 0.15) is 0 Å². The van der Waals surface area contributed by atoms with Crippen LogP contribution in [0.5, 0.6) is 0 Å². The van der Waals surface area contributed by atoms with Gasteiger partial charge in [-0.05, 0) is 50.5 Å². The van der Waals surface area contributed by atoms with E-state index < -0.39 is 0 Å². The summed E-state index contributed by atoms with van der Waals surface area (Å²) in [5.41, 5.74) is 7.19. The molecule has 0 heterocycles. The first kappa shape index (κ1) is 14.5. The summed E-state index contributed by atoms with van der Waals surface area (Å²) in [5, 5.41) is 0. The van der Waals surface area contributed by atoms with Gasteiger partial charge in [-0.15, -0.1) is 0 Å². The van der Waals surface area contributed by atoms with Crippen LogP contribution in [0.15, 0.2) is 18.2 Å². The van der Waals surface area contributed by atoms with Gasteiger partial charge < -0.3 is 0 Å². The minimum atomic E-state index is 0.420. The van der Waals surface area contributed by atoms with E-state index in [4.69, 9.17) is 5.84 Å². The molecule has 0 amide bonds. The van der Waals surface area contributed by atoms with E-state index in [0.717, 1.165) is 18.3 Å². The number of aryl methyl sites for hydroxylation is 2. The molecule has 0 spiro atoms. The third-order valence-corrected chi connectivity index (χ3v) is 4.50. The smallest absolute Gasteiger partial charge is 0.0279 e. The fraction of sp³-hybridized carbons (Fsp3) is 0.647. The largest absolute Gasteiger partial charge is 0.271 e. The molecule has 1 saturated carbocycles. The first-order valence-electron chi connectivity index (χ1n) is 7.61. The molecule has 3 unspecified atom stereocenters. The molecule has 19 heavy (non-hydrogen) atoms. The summed E-state index contributed by atoms with van der Waals surface area (Å²) in [7, 11) is 0. The van der Waals surface area contributed by atoms with Crippen LogP contribution in [0.25, 0.3) is 0 Å². The maximum Gasteiger partial charge on any atom is 0.0279 e. The Bertz CT molecular complexity index is 393. The summed E-state index contributed by atoms with van der Waals surface area (Å²) < 4.78 is 0. The standard InChI is InChI=1S/C17H28N2/c1-12-5-4-6-16(10-12)17(19-18)11-15-8-13(2)7-14(3)9-15/h7-9,12,16-17,19H,4-6,10-11,18H2,1-3H3. The zero-order valence-electron chi connectivity index (χ0n) is 12.6. The molecular weight excluding hydrogens is 232 g/mol. The molecule has 2 nitrogen and oxygen atoms in total. The highest BCUT2D eigenvalue weighted by atomic mass is 15.2. The van der Waals surface area contributed by atoms with Crippen molar-refractivity contribution in [1.82, 2.24) is 5.43 Å². The molecule has 1 fully saturated rings. The third-order valence-electron chi connectivity index (χ3n) is 4.50. The maximum absolute atomic E-state index is 5.82. The van der Waals surface area contributed by atoms with Crippen molar-refractivity contribution < 1.29 is 0 Å². The SMILES string of the molecule is Cc1cc(C)cc(CC(NN)C2CCCC(C)C2)c1. The van der Waals surface area contributed by atoms with Crippen LogP contribution >= 0.6 is 0 Å². The topological polar surface area (TPSA) is 38.0 Å². The summed E-state index contributed by atoms with van der Waals surface area (Å²) >= 11 is 0. The van der Waals surface area contributed by atoms with Crippen molar-refractivity contribution in [3.63, 3.8) is 0 Å². The lowest BCUT2D eigenvalue weighted by atomic mass is 9.77. The predicted molar refractivity (Wildman–Crippen MR) is 81.9 cm³/mol. The number of hydrogen-bond donors (Lipinski definition) is 2. The van der Waals surface area contributed by atoms with E-state index in [1.807, 2.05) is 0 Å². The van der Waals surface area contributed by atoms with Gasteiger partial charge >= 0.3 is 0 Å². The molecule has 1 aliphatic rings. The lowest BCUT2D eigenvalue weighted by Crippen LogP contribution is -2.44. The molecule has 1 aromatic carbocycles. The maximum atomic E-state index is 5.82. The van der Waals surface area contributed by atoms with Crippen molar-refractivity contribution in [2.45, 2.75) is 58.9 Å². The van der Waals surface area contributed by atoms with Crippen molar-refractivity contribution in [2.24, 2.45) is 17.7 Å². The Kier molecular flexibility index (Phi) is 5.00. The number of hydrogen-bond acceptors (Lipinski definition) is 2. The summed E-state index contributed by atoms with van der Waals surface area (Å²) in [6.45, 7) is 6.71. The Morgan fingerprint density at radius 1 is 1.21 bits per heavy atom. The van der Waals surface area contributed by atoms with E-state index in [1.54, 1.807) is 0 Å². The highest BCUT2D eigenvalue weighted by Gasteiger charge is 2.26. The summed E-state index contributed by atoms with van der Waals surface area (Å²) in [6, 6.07) is 7.24. The minimum Gasteiger partial charge on any atom is -0.271 e. The second kappa shape index (κ2) is 6.53. The molecule has 0 aromatic heterocycles. The molecule has 2 rings (SSSR count). The summed E-state index contributed by atoms with van der Waals surface area (Å²) in [4.78, 5) is 0. The van der Waals surface area contributed by atoms with Crippen molar-refractivity contribution in [2.75, 3.05) is 0 Å². The van der Waals surface area contributed by atoms with Crippen LogP contribution in [0.2, 0.25) is 0 Å². The van der Waals surface area contributed by atoms with Gasteiger partial charge in [0.05, 0.1) is 0 Å². The number of rotatable bonds is 4. The normalized spacial score (nSPS) is 25.3. The van der Waals surface area contributed by atoms with E-state index in [0.29, 0.717) is 6.04 Å². The quantitative estimate of drug-likeness (QED) is 0.642. The molecule has 3 atom stereocenters. The molecule has 0 aliphatic heterocycles. The van der Waals surface area contributed by atoms with E-state index in [-0.39, 0.29) is 0 Å². The van der Waals surface area contributed by atoms with Gasteiger partial charge in [0.25, 0.3) is 0 Å². The van der Waals surface area contributed by atoms with Crippen molar-refractivity contribution >= 4 is 0 Å². The van der Waals surface area contributed by atoms with E-state index in [9.17, 15) is 0 Å². The Morgan fingerprint density at radius 3 is 2.47 bits per heavy atom. The van der Waals surface area contributed by atoms with Crippen molar-refractivity contribution in [3.8, 4) is 0 Å². The Labute approximate surface area is 117 Å². The Morgan fingerprint density at radius 2 is 1.89 bits per heavy atom. The fourth-order valence-electron chi connectivity index (χ4n) is 3.65. The van der Waals surface area contributed by atoms with Crippen LogP contribution in [0.3, 0.4) is 0 Å². The molecule has 1 aromatic rings. The number of hydrazine groups is 1. The van der Waals surface area contributed by atoms with Crippen molar-refractivity contribution in [3.05, 3.63) is 34.9 Å². The number of nitrogens with one attached hydrogen (secondary N) is 1. The average Bonchev–Trinajstić information content (AvgIpc) is 2.34. The first-order valence-corrected chi connectivity index (χ1v) is 7.61. The minimum absolute atomic E-state index is 0.420. The van der Waals surface area contributed by atoms with Gasteiger partial charge in [-0.1, -0.05) is 49.1 Å². The average molecular weight is 260 g/mol. The monoisotopic (exact) mass is 260 g/mol. The zero-order valence-corrected chi connectivity index (χ0v) is 12.6. The molecule has 106 valence electrons. The molecule has 0 radical (unpaired) electrons. The van der Waals surface area contributed by atoms with Gasteiger partial charge in [-0.2, -0.15) is 0 Å². The van der Waals surface area contributed by atoms with E-state index in [1.165, 1.54) is 42.4 Å². The van der Waals surface area contributed by atoms with Gasteiger partial charge in [-0.3, -0.25) is 11.3 Å². The van der Waals surface area contributed by atoms with Gasteiger partial charge in [-0.25, -0.2) is 0 Å². The van der Waals surface area contributed by atoms with Crippen LogP contribution < -0.4 is 11.3 Å². The molecule has 0 bridgehead atoms. The lowest BCUT2D eigenvalue weighted by Gasteiger charge is -2.33. The van der Waals surface area contributed by atoms with Crippen LogP contribution in [0.1, 0.15) is 49.3 Å². The first-order chi connectivity index (χ1) is 9.08. The van der Waals surface area contributed by atoms with E-state index in [2.05, 4.69) is 44.4 Å². The Balaban J connectivity index is 2.05. The van der Waals surface area contributed by atoms with Gasteiger partial charge in [0, 0.05) is 6.04 Å². The summed E-state index contributed by atoms with van der Waals surface area (Å²) in [5.74, 6) is 7.41. The van der Waals surface area contributed by atoms with Crippen LogP contribution in [0.4, 0.5) is 0 Å². The molecule has 0 saturated heterocycles. The molecule has 2 heteroatoms. The second-order valence-electron chi connectivity index (χ2n) is 6.51. The van der Waals surface area contributed by atoms with Gasteiger partial charge in [0.15, 0.2) is 0 Å². The Hall–Kier alpha value is -0.860. The van der Waals surface area contributed by atoms with E-state index >= 15 is 0 Å². The zero-order chi connectivity index (χ0) is 13.8. The number of nitrogens with two attached hydrogens (primary N) is 1.